The molecule has 182 valence electrons. The Balaban J connectivity index is 1.51. The van der Waals surface area contributed by atoms with Gasteiger partial charge in [0.15, 0.2) is 0 Å². The number of hydrogen-bond acceptors (Lipinski definition) is 1. The summed E-state index contributed by atoms with van der Waals surface area (Å²) in [6.07, 6.45) is 23.6. The van der Waals surface area contributed by atoms with E-state index in [9.17, 15) is 5.11 Å². The zero-order valence-corrected chi connectivity index (χ0v) is 21.9. The number of aliphatic hydroxyl groups is 1. The zero-order chi connectivity index (χ0) is 22.5. The van der Waals surface area contributed by atoms with Crippen LogP contribution in [0.4, 0.5) is 0 Å². The molecule has 0 aromatic carbocycles. The van der Waals surface area contributed by atoms with Crippen molar-refractivity contribution >= 4 is 0 Å². The predicted molar refractivity (Wildman–Crippen MR) is 135 cm³/mol. The van der Waals surface area contributed by atoms with Gasteiger partial charge in [-0.15, -0.1) is 0 Å². The summed E-state index contributed by atoms with van der Waals surface area (Å²) in [7, 11) is 0. The third kappa shape index (κ3) is 7.75. The van der Waals surface area contributed by atoms with Crippen LogP contribution in [0.3, 0.4) is 0 Å². The maximum absolute atomic E-state index is 11.5. The highest BCUT2D eigenvalue weighted by Gasteiger charge is 2.40. The minimum atomic E-state index is -0.112. The van der Waals surface area contributed by atoms with Gasteiger partial charge in [-0.25, -0.2) is 0 Å². The van der Waals surface area contributed by atoms with Gasteiger partial charge in [0.05, 0.1) is 6.10 Å². The molecule has 0 amide bonds. The van der Waals surface area contributed by atoms with Gasteiger partial charge in [-0.1, -0.05) is 105 Å². The van der Waals surface area contributed by atoms with Crippen molar-refractivity contribution in [1.29, 1.82) is 0 Å². The van der Waals surface area contributed by atoms with Crippen LogP contribution < -0.4 is 0 Å². The van der Waals surface area contributed by atoms with Gasteiger partial charge in [0, 0.05) is 0 Å². The third-order valence-electron chi connectivity index (χ3n) is 9.76. The molecule has 3 fully saturated rings. The number of rotatable bonds is 9. The Hall–Kier alpha value is -0.0400. The molecule has 1 nitrogen and oxygen atoms in total. The van der Waals surface area contributed by atoms with Gasteiger partial charge in [-0.2, -0.15) is 0 Å². The maximum atomic E-state index is 11.5. The van der Waals surface area contributed by atoms with Gasteiger partial charge in [0.25, 0.3) is 0 Å². The van der Waals surface area contributed by atoms with Gasteiger partial charge in [0.1, 0.15) is 0 Å². The summed E-state index contributed by atoms with van der Waals surface area (Å²) in [6, 6.07) is 0. The summed E-state index contributed by atoms with van der Waals surface area (Å²) < 4.78 is 0. The van der Waals surface area contributed by atoms with Crippen molar-refractivity contribution in [3.05, 3.63) is 0 Å². The van der Waals surface area contributed by atoms with Crippen LogP contribution >= 0.6 is 0 Å². The van der Waals surface area contributed by atoms with Crippen LogP contribution in [0.1, 0.15) is 144 Å². The molecule has 0 bridgehead atoms. The van der Waals surface area contributed by atoms with Crippen LogP contribution in [0.2, 0.25) is 0 Å². The predicted octanol–water partition coefficient (Wildman–Crippen LogP) is 9.17. The molecule has 5 atom stereocenters. The number of hydrogen-bond donors (Lipinski definition) is 1. The van der Waals surface area contributed by atoms with E-state index in [-0.39, 0.29) is 11.5 Å². The molecule has 3 aliphatic rings. The molecule has 0 heterocycles. The second kappa shape index (κ2) is 11.4. The summed E-state index contributed by atoms with van der Waals surface area (Å²) in [5.41, 5.74) is 0.552. The van der Waals surface area contributed by atoms with E-state index in [1.807, 2.05) is 0 Å². The molecule has 1 N–H and O–H groups in total. The SMILES string of the molecule is CCC1CCCC(CC(C)(C)C(O)C2CCCC(CC(C)(C)CC3CCCCC3)C2)C1. The van der Waals surface area contributed by atoms with Crippen molar-refractivity contribution in [1.82, 2.24) is 0 Å². The van der Waals surface area contributed by atoms with Gasteiger partial charge >= 0.3 is 0 Å². The van der Waals surface area contributed by atoms with Crippen LogP contribution in [-0.4, -0.2) is 11.2 Å². The maximum Gasteiger partial charge on any atom is 0.0619 e. The fourth-order valence-corrected chi connectivity index (χ4v) is 8.30. The largest absolute Gasteiger partial charge is 0.392 e. The Kier molecular flexibility index (Phi) is 9.40. The first kappa shape index (κ1) is 25.6. The van der Waals surface area contributed by atoms with Crippen molar-refractivity contribution in [3.8, 4) is 0 Å². The Morgan fingerprint density at radius 3 is 1.87 bits per heavy atom. The summed E-state index contributed by atoms with van der Waals surface area (Å²) in [5, 5.41) is 11.5. The molecule has 0 spiro atoms. The zero-order valence-electron chi connectivity index (χ0n) is 21.9. The van der Waals surface area contributed by atoms with Crippen LogP contribution in [0.5, 0.6) is 0 Å². The van der Waals surface area contributed by atoms with Crippen molar-refractivity contribution in [2.24, 2.45) is 40.4 Å². The molecule has 5 unspecified atom stereocenters. The van der Waals surface area contributed by atoms with E-state index >= 15 is 0 Å². The molecule has 0 aromatic rings. The summed E-state index contributed by atoms with van der Waals surface area (Å²) >= 11 is 0. The highest BCUT2D eigenvalue weighted by atomic mass is 16.3. The van der Waals surface area contributed by atoms with Gasteiger partial charge in [0.2, 0.25) is 0 Å². The van der Waals surface area contributed by atoms with E-state index < -0.39 is 0 Å². The van der Waals surface area contributed by atoms with Gasteiger partial charge in [-0.05, 0) is 78.9 Å². The second-order valence-corrected chi connectivity index (χ2v) is 13.8. The smallest absolute Gasteiger partial charge is 0.0619 e. The molecule has 0 radical (unpaired) electrons. The standard InChI is InChI=1S/C30H56O/c1-6-23-14-10-15-25(18-23)22-30(4,5)28(31)27-17-11-16-26(19-27)21-29(2,3)20-24-12-8-7-9-13-24/h23-28,31H,6-22H2,1-5H3. The van der Waals surface area contributed by atoms with Crippen LogP contribution in [0.15, 0.2) is 0 Å². The first-order chi connectivity index (χ1) is 14.7. The quantitative estimate of drug-likeness (QED) is 0.385. The van der Waals surface area contributed by atoms with E-state index in [4.69, 9.17) is 0 Å². The molecule has 3 rings (SSSR count). The highest BCUT2D eigenvalue weighted by molar-refractivity contribution is 4.90. The Morgan fingerprint density at radius 2 is 1.19 bits per heavy atom. The third-order valence-corrected chi connectivity index (χ3v) is 9.76. The Morgan fingerprint density at radius 1 is 0.645 bits per heavy atom. The lowest BCUT2D eigenvalue weighted by atomic mass is 9.64. The number of aliphatic hydroxyl groups excluding tert-OH is 1. The average Bonchev–Trinajstić information content (AvgIpc) is 2.73. The molecular weight excluding hydrogens is 376 g/mol. The lowest BCUT2D eigenvalue weighted by Crippen LogP contribution is -2.40. The van der Waals surface area contributed by atoms with Crippen molar-refractivity contribution in [2.45, 2.75) is 150 Å². The van der Waals surface area contributed by atoms with Crippen molar-refractivity contribution in [3.63, 3.8) is 0 Å². The topological polar surface area (TPSA) is 20.2 Å². The van der Waals surface area contributed by atoms with Crippen LogP contribution in [0, 0.1) is 40.4 Å². The molecule has 31 heavy (non-hydrogen) atoms. The molecule has 0 aliphatic heterocycles. The Labute approximate surface area is 195 Å². The minimum Gasteiger partial charge on any atom is -0.392 e. The van der Waals surface area contributed by atoms with Crippen LogP contribution in [0.25, 0.3) is 0 Å². The Bertz CT molecular complexity index is 515. The average molecular weight is 433 g/mol. The molecule has 0 aromatic heterocycles. The molecule has 3 aliphatic carbocycles. The first-order valence-electron chi connectivity index (χ1n) is 14.4. The molecular formula is C30H56O. The van der Waals surface area contributed by atoms with Crippen molar-refractivity contribution < 1.29 is 5.11 Å². The first-order valence-corrected chi connectivity index (χ1v) is 14.4. The van der Waals surface area contributed by atoms with Gasteiger partial charge in [-0.3, -0.25) is 0 Å². The fraction of sp³-hybridized carbons (Fsp3) is 1.00. The summed E-state index contributed by atoms with van der Waals surface area (Å²) in [4.78, 5) is 0. The minimum absolute atomic E-state index is 0.0739. The normalized spacial score (nSPS) is 32.7. The lowest BCUT2D eigenvalue weighted by Gasteiger charge is -2.44. The summed E-state index contributed by atoms with van der Waals surface area (Å²) in [6.45, 7) is 12.2. The van der Waals surface area contributed by atoms with E-state index in [1.54, 1.807) is 0 Å². The van der Waals surface area contributed by atoms with Gasteiger partial charge < -0.3 is 5.11 Å². The van der Waals surface area contributed by atoms with E-state index in [0.29, 0.717) is 11.3 Å². The van der Waals surface area contributed by atoms with Crippen molar-refractivity contribution in [2.75, 3.05) is 0 Å². The molecule has 1 heteroatoms. The van der Waals surface area contributed by atoms with Crippen LogP contribution in [-0.2, 0) is 0 Å². The lowest BCUT2D eigenvalue weighted by molar-refractivity contribution is -0.0382. The summed E-state index contributed by atoms with van der Waals surface area (Å²) in [5.74, 6) is 4.14. The monoisotopic (exact) mass is 432 g/mol. The fourth-order valence-electron chi connectivity index (χ4n) is 8.30. The molecule has 3 saturated carbocycles. The van der Waals surface area contributed by atoms with E-state index in [0.717, 1.165) is 23.7 Å². The van der Waals surface area contributed by atoms with E-state index in [1.165, 1.54) is 109 Å². The second-order valence-electron chi connectivity index (χ2n) is 13.8. The molecule has 0 saturated heterocycles. The van der Waals surface area contributed by atoms with E-state index in [2.05, 4.69) is 34.6 Å². The highest BCUT2D eigenvalue weighted by Crippen LogP contribution is 2.47.